The highest BCUT2D eigenvalue weighted by molar-refractivity contribution is 7.89. The van der Waals surface area contributed by atoms with E-state index in [1.165, 1.54) is 12.1 Å². The van der Waals surface area contributed by atoms with E-state index in [0.717, 1.165) is 6.42 Å². The highest BCUT2D eigenvalue weighted by Crippen LogP contribution is 2.29. The minimum atomic E-state index is -4.04. The quantitative estimate of drug-likeness (QED) is 0.486. The molecule has 0 saturated carbocycles. The van der Waals surface area contributed by atoms with Crippen molar-refractivity contribution in [3.8, 4) is 0 Å². The summed E-state index contributed by atoms with van der Waals surface area (Å²) in [5, 5.41) is 6.94. The van der Waals surface area contributed by atoms with Crippen LogP contribution in [0.25, 0.3) is 10.8 Å². The Morgan fingerprint density at radius 1 is 0.967 bits per heavy atom. The molecule has 0 aliphatic rings. The first-order valence-corrected chi connectivity index (χ1v) is 11.9. The van der Waals surface area contributed by atoms with Gasteiger partial charge in [-0.2, -0.15) is 4.72 Å². The molecule has 0 radical (unpaired) electrons. The highest BCUT2D eigenvalue weighted by atomic mass is 35.5. The van der Waals surface area contributed by atoms with Gasteiger partial charge in [-0.15, -0.1) is 0 Å². The van der Waals surface area contributed by atoms with Gasteiger partial charge in [0.1, 0.15) is 6.04 Å². The number of nitrogens with one attached hydrogen (secondary N) is 3. The van der Waals surface area contributed by atoms with Crippen LogP contribution in [0.2, 0.25) is 5.02 Å². The van der Waals surface area contributed by atoms with Crippen LogP contribution in [0, 0.1) is 0 Å². The number of amides is 2. The monoisotopic (exact) mass is 453 g/mol. The molecule has 0 heterocycles. The number of hydrogen-bond acceptors (Lipinski definition) is 4. The summed E-state index contributed by atoms with van der Waals surface area (Å²) in [4.78, 5) is 24.6. The Hall–Kier alpha value is -2.16. The Morgan fingerprint density at radius 2 is 1.60 bits per heavy atom. The number of benzene rings is 2. The number of halogens is 1. The van der Waals surface area contributed by atoms with E-state index in [9.17, 15) is 18.0 Å². The molecule has 1 unspecified atom stereocenters. The fourth-order valence-corrected chi connectivity index (χ4v) is 4.63. The first kappa shape index (κ1) is 24.1. The Labute approximate surface area is 182 Å². The van der Waals surface area contributed by atoms with E-state index in [1.807, 2.05) is 13.8 Å². The number of carbonyl (C=O) groups is 2. The van der Waals surface area contributed by atoms with Crippen molar-refractivity contribution in [2.45, 2.75) is 50.5 Å². The first-order valence-electron chi connectivity index (χ1n) is 10.0. The molecule has 0 aliphatic carbocycles. The lowest BCUT2D eigenvalue weighted by Gasteiger charge is -2.19. The van der Waals surface area contributed by atoms with Gasteiger partial charge in [-0.3, -0.25) is 9.59 Å². The van der Waals surface area contributed by atoms with Crippen LogP contribution in [-0.2, 0) is 19.6 Å². The molecule has 0 fully saturated rings. The van der Waals surface area contributed by atoms with E-state index in [1.54, 1.807) is 24.3 Å². The van der Waals surface area contributed by atoms with Crippen LogP contribution in [0.5, 0.6) is 0 Å². The standard InChI is InChI=1S/C21H28ClN3O4S/c1-3-13-23-20(26)12-10-18(21(27)24-14-4-2)25-30(28,29)19-11-9-17(22)15-7-5-6-8-16(15)19/h5-9,11,18,25H,3-4,10,12-14H2,1-2H3,(H,23,26)(H,24,27). The van der Waals surface area contributed by atoms with Crippen molar-refractivity contribution in [3.05, 3.63) is 41.4 Å². The molecule has 7 nitrogen and oxygen atoms in total. The molecule has 9 heteroatoms. The molecule has 2 aromatic carbocycles. The van der Waals surface area contributed by atoms with E-state index >= 15 is 0 Å². The lowest BCUT2D eigenvalue weighted by Crippen LogP contribution is -2.47. The van der Waals surface area contributed by atoms with Gasteiger partial charge in [0.2, 0.25) is 21.8 Å². The second kappa shape index (κ2) is 11.3. The molecule has 2 aromatic rings. The lowest BCUT2D eigenvalue weighted by atomic mass is 10.1. The van der Waals surface area contributed by atoms with Crippen LogP contribution in [0.1, 0.15) is 39.5 Å². The smallest absolute Gasteiger partial charge is 0.241 e. The highest BCUT2D eigenvalue weighted by Gasteiger charge is 2.27. The number of fused-ring (bicyclic) bond motifs is 1. The average molecular weight is 454 g/mol. The van der Waals surface area contributed by atoms with Gasteiger partial charge < -0.3 is 10.6 Å². The fourth-order valence-electron chi connectivity index (χ4n) is 2.96. The van der Waals surface area contributed by atoms with E-state index in [0.29, 0.717) is 35.3 Å². The molecular weight excluding hydrogens is 426 g/mol. The molecule has 1 atom stereocenters. The van der Waals surface area contributed by atoms with Crippen LogP contribution >= 0.6 is 11.6 Å². The summed E-state index contributed by atoms with van der Waals surface area (Å²) < 4.78 is 28.7. The van der Waals surface area contributed by atoms with Gasteiger partial charge in [-0.1, -0.05) is 49.7 Å². The van der Waals surface area contributed by atoms with Crippen LogP contribution in [-0.4, -0.2) is 39.4 Å². The van der Waals surface area contributed by atoms with Crippen molar-refractivity contribution < 1.29 is 18.0 Å². The molecule has 0 saturated heterocycles. The zero-order valence-electron chi connectivity index (χ0n) is 17.2. The molecule has 2 rings (SSSR count). The Kier molecular flexibility index (Phi) is 9.08. The first-order chi connectivity index (χ1) is 14.3. The Balaban J connectivity index is 2.28. The molecule has 2 amide bonds. The lowest BCUT2D eigenvalue weighted by molar-refractivity contribution is -0.123. The normalized spacial score (nSPS) is 12.5. The van der Waals surface area contributed by atoms with Crippen molar-refractivity contribution in [2.75, 3.05) is 13.1 Å². The second-order valence-electron chi connectivity index (χ2n) is 6.94. The summed E-state index contributed by atoms with van der Waals surface area (Å²) in [5.41, 5.74) is 0. The molecule has 0 aromatic heterocycles. The minimum Gasteiger partial charge on any atom is -0.356 e. The zero-order chi connectivity index (χ0) is 22.1. The van der Waals surface area contributed by atoms with Crippen LogP contribution in [0.3, 0.4) is 0 Å². The number of hydrogen-bond donors (Lipinski definition) is 3. The van der Waals surface area contributed by atoms with Gasteiger partial charge >= 0.3 is 0 Å². The van der Waals surface area contributed by atoms with Crippen molar-refractivity contribution in [1.29, 1.82) is 0 Å². The predicted octanol–water partition coefficient (Wildman–Crippen LogP) is 2.97. The van der Waals surface area contributed by atoms with E-state index in [2.05, 4.69) is 15.4 Å². The third-order valence-corrected chi connectivity index (χ3v) is 6.38. The van der Waals surface area contributed by atoms with Crippen molar-refractivity contribution in [1.82, 2.24) is 15.4 Å². The molecule has 0 spiro atoms. The summed E-state index contributed by atoms with van der Waals surface area (Å²) in [7, 11) is -4.04. The van der Waals surface area contributed by atoms with Crippen LogP contribution in [0.4, 0.5) is 0 Å². The molecule has 30 heavy (non-hydrogen) atoms. The molecule has 0 aliphatic heterocycles. The maximum atomic E-state index is 13.1. The van der Waals surface area contributed by atoms with Gasteiger partial charge in [0, 0.05) is 35.3 Å². The molecule has 0 bridgehead atoms. The summed E-state index contributed by atoms with van der Waals surface area (Å²) in [6, 6.07) is 8.77. The van der Waals surface area contributed by atoms with Crippen molar-refractivity contribution in [3.63, 3.8) is 0 Å². The SMILES string of the molecule is CCCNC(=O)CCC(NS(=O)(=O)c1ccc(Cl)c2ccccc12)C(=O)NCCC. The second-order valence-corrected chi connectivity index (χ2v) is 9.03. The van der Waals surface area contributed by atoms with Crippen molar-refractivity contribution >= 4 is 44.2 Å². The maximum absolute atomic E-state index is 13.1. The fraction of sp³-hybridized carbons (Fsp3) is 0.429. The van der Waals surface area contributed by atoms with Crippen molar-refractivity contribution in [2.24, 2.45) is 0 Å². The third-order valence-electron chi connectivity index (χ3n) is 4.52. The van der Waals surface area contributed by atoms with Gasteiger partial charge in [-0.05, 0) is 31.4 Å². The molecule has 164 valence electrons. The van der Waals surface area contributed by atoms with Gasteiger partial charge in [0.05, 0.1) is 4.90 Å². The summed E-state index contributed by atoms with van der Waals surface area (Å²) in [5.74, 6) is -0.678. The van der Waals surface area contributed by atoms with Gasteiger partial charge in [0.25, 0.3) is 0 Å². The van der Waals surface area contributed by atoms with E-state index in [-0.39, 0.29) is 23.6 Å². The number of rotatable bonds is 11. The number of carbonyl (C=O) groups excluding carboxylic acids is 2. The Morgan fingerprint density at radius 3 is 2.27 bits per heavy atom. The average Bonchev–Trinajstić information content (AvgIpc) is 2.73. The zero-order valence-corrected chi connectivity index (χ0v) is 18.8. The predicted molar refractivity (Wildman–Crippen MR) is 119 cm³/mol. The minimum absolute atomic E-state index is 0.0335. The summed E-state index contributed by atoms with van der Waals surface area (Å²) in [6.45, 7) is 4.79. The molecule has 3 N–H and O–H groups in total. The van der Waals surface area contributed by atoms with Crippen LogP contribution < -0.4 is 15.4 Å². The number of sulfonamides is 1. The Bertz CT molecular complexity index is 995. The molecular formula is C21H28ClN3O4S. The van der Waals surface area contributed by atoms with Gasteiger partial charge in [0.15, 0.2) is 0 Å². The van der Waals surface area contributed by atoms with E-state index < -0.39 is 22.0 Å². The topological polar surface area (TPSA) is 104 Å². The van der Waals surface area contributed by atoms with Gasteiger partial charge in [-0.25, -0.2) is 8.42 Å². The third kappa shape index (κ3) is 6.42. The van der Waals surface area contributed by atoms with Crippen LogP contribution in [0.15, 0.2) is 41.3 Å². The largest absolute Gasteiger partial charge is 0.356 e. The summed E-state index contributed by atoms with van der Waals surface area (Å²) >= 11 is 6.19. The maximum Gasteiger partial charge on any atom is 0.241 e. The summed E-state index contributed by atoms with van der Waals surface area (Å²) in [6.07, 6.45) is 1.59. The van der Waals surface area contributed by atoms with E-state index in [4.69, 9.17) is 11.6 Å².